The number of rotatable bonds is 9. The summed E-state index contributed by atoms with van der Waals surface area (Å²) in [6.07, 6.45) is 3.84. The standard InChI is InChI=1S/C24H28ClN7O2S/c1-3-5-19-27-20(14-21(28-19)32-10-8-31(9-11-32)12-13-33)29-24-26-15-18(35-24)23(34)30-22-16(2)6-4-7-17(22)25/h3-4,6-7,14-15,33H,1,5,8-13H2,2H3,(H,30,34)(H,26,27,28,29). The molecule has 0 spiro atoms. The third kappa shape index (κ3) is 6.34. The van der Waals surface area contributed by atoms with Crippen LogP contribution < -0.4 is 15.5 Å². The molecule has 184 valence electrons. The van der Waals surface area contributed by atoms with E-state index in [1.807, 2.05) is 25.1 Å². The fraction of sp³-hybridized carbons (Fsp3) is 0.333. The van der Waals surface area contributed by atoms with Crippen LogP contribution in [0.4, 0.5) is 22.5 Å². The van der Waals surface area contributed by atoms with Gasteiger partial charge in [-0.05, 0) is 18.6 Å². The van der Waals surface area contributed by atoms with Crippen molar-refractivity contribution in [1.29, 1.82) is 0 Å². The lowest BCUT2D eigenvalue weighted by molar-refractivity contribution is 0.103. The molecule has 1 aliphatic rings. The number of allylic oxidation sites excluding steroid dienone is 1. The van der Waals surface area contributed by atoms with Crippen molar-refractivity contribution >= 4 is 51.3 Å². The second-order valence-electron chi connectivity index (χ2n) is 8.11. The van der Waals surface area contributed by atoms with Gasteiger partial charge in [-0.25, -0.2) is 15.0 Å². The molecule has 1 aromatic carbocycles. The van der Waals surface area contributed by atoms with E-state index in [1.54, 1.807) is 12.1 Å². The smallest absolute Gasteiger partial charge is 0.267 e. The Morgan fingerprint density at radius 3 is 2.80 bits per heavy atom. The molecular formula is C24H28ClN7O2S. The number of nitrogens with zero attached hydrogens (tertiary/aromatic N) is 5. The Balaban J connectivity index is 1.48. The van der Waals surface area contributed by atoms with Gasteiger partial charge >= 0.3 is 0 Å². The molecule has 0 saturated carbocycles. The number of carbonyl (C=O) groups is 1. The van der Waals surface area contributed by atoms with Crippen molar-refractivity contribution in [2.24, 2.45) is 0 Å². The van der Waals surface area contributed by atoms with Gasteiger partial charge in [0, 0.05) is 45.2 Å². The minimum Gasteiger partial charge on any atom is -0.395 e. The number of para-hydroxylation sites is 1. The summed E-state index contributed by atoms with van der Waals surface area (Å²) in [5, 5.41) is 16.3. The number of halogens is 1. The number of nitrogens with one attached hydrogen (secondary N) is 2. The summed E-state index contributed by atoms with van der Waals surface area (Å²) in [6.45, 7) is 9.89. The molecule has 3 heterocycles. The van der Waals surface area contributed by atoms with Gasteiger partial charge in [0.15, 0.2) is 5.13 Å². The SMILES string of the molecule is C=CCc1nc(Nc2ncc(C(=O)Nc3c(C)cccc3Cl)s2)cc(N2CCN(CCO)CC2)n1. The van der Waals surface area contributed by atoms with Crippen LogP contribution in [0.25, 0.3) is 0 Å². The Morgan fingerprint density at radius 2 is 2.09 bits per heavy atom. The van der Waals surface area contributed by atoms with Gasteiger partial charge < -0.3 is 20.6 Å². The van der Waals surface area contributed by atoms with Crippen molar-refractivity contribution < 1.29 is 9.90 Å². The number of β-amino-alcohol motifs (C(OH)–C–C–N with tert-alkyl or cyclic N) is 1. The molecule has 1 aliphatic heterocycles. The molecule has 3 aromatic rings. The van der Waals surface area contributed by atoms with Crippen LogP contribution >= 0.6 is 22.9 Å². The normalized spacial score (nSPS) is 14.1. The number of amides is 1. The molecule has 1 amide bonds. The van der Waals surface area contributed by atoms with Crippen molar-refractivity contribution in [3.05, 3.63) is 64.4 Å². The molecule has 2 aromatic heterocycles. The lowest BCUT2D eigenvalue weighted by atomic mass is 10.2. The minimum absolute atomic E-state index is 0.164. The molecule has 35 heavy (non-hydrogen) atoms. The molecular weight excluding hydrogens is 486 g/mol. The van der Waals surface area contributed by atoms with E-state index in [-0.39, 0.29) is 12.5 Å². The number of hydrogen-bond acceptors (Lipinski definition) is 9. The maximum Gasteiger partial charge on any atom is 0.267 e. The molecule has 1 fully saturated rings. The number of aryl methyl sites for hydroxylation is 1. The zero-order valence-corrected chi connectivity index (χ0v) is 21.1. The number of hydrogen-bond donors (Lipinski definition) is 3. The first-order valence-electron chi connectivity index (χ1n) is 11.3. The third-order valence-electron chi connectivity index (χ3n) is 5.62. The summed E-state index contributed by atoms with van der Waals surface area (Å²) in [5.74, 6) is 1.81. The van der Waals surface area contributed by atoms with E-state index in [4.69, 9.17) is 16.6 Å². The fourth-order valence-electron chi connectivity index (χ4n) is 3.78. The van der Waals surface area contributed by atoms with Gasteiger partial charge in [0.1, 0.15) is 22.3 Å². The van der Waals surface area contributed by atoms with Gasteiger partial charge in [-0.15, -0.1) is 6.58 Å². The molecule has 0 unspecified atom stereocenters. The van der Waals surface area contributed by atoms with Crippen molar-refractivity contribution in [3.8, 4) is 0 Å². The largest absolute Gasteiger partial charge is 0.395 e. The highest BCUT2D eigenvalue weighted by molar-refractivity contribution is 7.17. The van der Waals surface area contributed by atoms with Crippen molar-refractivity contribution in [2.45, 2.75) is 13.3 Å². The first-order chi connectivity index (χ1) is 17.0. The Labute approximate surface area is 213 Å². The maximum absolute atomic E-state index is 12.8. The number of aliphatic hydroxyl groups is 1. The highest BCUT2D eigenvalue weighted by atomic mass is 35.5. The number of aliphatic hydroxyl groups excluding tert-OH is 1. The Kier molecular flexibility index (Phi) is 8.29. The quantitative estimate of drug-likeness (QED) is 0.372. The van der Waals surface area contributed by atoms with E-state index < -0.39 is 0 Å². The highest BCUT2D eigenvalue weighted by Gasteiger charge is 2.20. The molecule has 0 bridgehead atoms. The van der Waals surface area contributed by atoms with E-state index in [2.05, 4.69) is 37.0 Å². The summed E-state index contributed by atoms with van der Waals surface area (Å²) in [4.78, 5) is 31.3. The van der Waals surface area contributed by atoms with Crippen LogP contribution in [0.5, 0.6) is 0 Å². The van der Waals surface area contributed by atoms with Crippen LogP contribution in [-0.4, -0.2) is 70.2 Å². The van der Waals surface area contributed by atoms with Crippen LogP contribution in [-0.2, 0) is 6.42 Å². The van der Waals surface area contributed by atoms with Gasteiger partial charge in [-0.1, -0.05) is 41.1 Å². The fourth-order valence-corrected chi connectivity index (χ4v) is 4.77. The number of benzene rings is 1. The zero-order valence-electron chi connectivity index (χ0n) is 19.5. The second-order valence-corrected chi connectivity index (χ2v) is 9.55. The zero-order chi connectivity index (χ0) is 24.8. The predicted molar refractivity (Wildman–Crippen MR) is 141 cm³/mol. The van der Waals surface area contributed by atoms with Gasteiger partial charge in [-0.2, -0.15) is 0 Å². The van der Waals surface area contributed by atoms with E-state index >= 15 is 0 Å². The van der Waals surface area contributed by atoms with E-state index in [9.17, 15) is 9.90 Å². The van der Waals surface area contributed by atoms with Crippen molar-refractivity contribution in [3.63, 3.8) is 0 Å². The third-order valence-corrected chi connectivity index (χ3v) is 6.85. The monoisotopic (exact) mass is 513 g/mol. The molecule has 1 saturated heterocycles. The Morgan fingerprint density at radius 1 is 1.29 bits per heavy atom. The average molecular weight is 514 g/mol. The van der Waals surface area contributed by atoms with E-state index in [0.717, 1.165) is 37.6 Å². The lowest BCUT2D eigenvalue weighted by Crippen LogP contribution is -2.47. The van der Waals surface area contributed by atoms with Crippen LogP contribution in [0.1, 0.15) is 21.1 Å². The molecule has 0 aliphatic carbocycles. The maximum atomic E-state index is 12.8. The summed E-state index contributed by atoms with van der Waals surface area (Å²) in [6, 6.07) is 7.36. The van der Waals surface area contributed by atoms with Crippen molar-refractivity contribution in [2.75, 3.05) is 54.9 Å². The van der Waals surface area contributed by atoms with E-state index in [1.165, 1.54) is 17.5 Å². The number of piperazine rings is 1. The average Bonchev–Trinajstić information content (AvgIpc) is 3.31. The summed E-state index contributed by atoms with van der Waals surface area (Å²) in [5.41, 5.74) is 1.48. The molecule has 11 heteroatoms. The number of anilines is 4. The van der Waals surface area contributed by atoms with Crippen LogP contribution in [0.2, 0.25) is 5.02 Å². The summed E-state index contributed by atoms with van der Waals surface area (Å²) in [7, 11) is 0. The topological polar surface area (TPSA) is 107 Å². The van der Waals surface area contributed by atoms with E-state index in [0.29, 0.717) is 45.3 Å². The van der Waals surface area contributed by atoms with Crippen LogP contribution in [0.15, 0.2) is 43.1 Å². The van der Waals surface area contributed by atoms with Crippen molar-refractivity contribution in [1.82, 2.24) is 19.9 Å². The Hall–Kier alpha value is -3.05. The minimum atomic E-state index is -0.275. The van der Waals surface area contributed by atoms with Gasteiger partial charge in [0.2, 0.25) is 0 Å². The number of carbonyl (C=O) groups excluding carboxylic acids is 1. The highest BCUT2D eigenvalue weighted by Crippen LogP contribution is 2.28. The molecule has 0 radical (unpaired) electrons. The van der Waals surface area contributed by atoms with Gasteiger partial charge in [0.05, 0.1) is 23.5 Å². The molecule has 4 rings (SSSR count). The molecule has 0 atom stereocenters. The molecule has 9 nitrogen and oxygen atoms in total. The summed E-state index contributed by atoms with van der Waals surface area (Å²) < 4.78 is 0. The predicted octanol–water partition coefficient (Wildman–Crippen LogP) is 3.73. The van der Waals surface area contributed by atoms with Gasteiger partial charge in [-0.3, -0.25) is 9.69 Å². The second kappa shape index (κ2) is 11.6. The lowest BCUT2D eigenvalue weighted by Gasteiger charge is -2.35. The number of thiazole rings is 1. The first-order valence-corrected chi connectivity index (χ1v) is 12.5. The van der Waals surface area contributed by atoms with Gasteiger partial charge in [0.25, 0.3) is 5.91 Å². The molecule has 3 N–H and O–H groups in total. The summed E-state index contributed by atoms with van der Waals surface area (Å²) >= 11 is 7.47. The van der Waals surface area contributed by atoms with Crippen LogP contribution in [0, 0.1) is 6.92 Å². The number of aromatic nitrogens is 3. The van der Waals surface area contributed by atoms with Crippen LogP contribution in [0.3, 0.4) is 0 Å². The first kappa shape index (κ1) is 25.1. The Bertz CT molecular complexity index is 1170.